The normalized spacial score (nSPS) is 15.4. The minimum atomic E-state index is -3.82. The zero-order valence-electron chi connectivity index (χ0n) is 15.2. The Labute approximate surface area is 153 Å². The van der Waals surface area contributed by atoms with Gasteiger partial charge in [0.25, 0.3) is 5.91 Å². The molecule has 1 aromatic carbocycles. The van der Waals surface area contributed by atoms with Crippen molar-refractivity contribution in [2.45, 2.75) is 56.7 Å². The van der Waals surface area contributed by atoms with Gasteiger partial charge < -0.3 is 14.8 Å². The molecule has 0 saturated heterocycles. The Morgan fingerprint density at radius 2 is 1.85 bits per heavy atom. The Bertz CT molecular complexity index is 786. The molecule has 26 heavy (non-hydrogen) atoms. The summed E-state index contributed by atoms with van der Waals surface area (Å²) in [6.45, 7) is 5.03. The van der Waals surface area contributed by atoms with Crippen LogP contribution in [0.1, 0.15) is 44.0 Å². The highest BCUT2D eigenvalue weighted by Crippen LogP contribution is 2.28. The molecule has 144 valence electrons. The molecule has 0 unspecified atom stereocenters. The van der Waals surface area contributed by atoms with Gasteiger partial charge in [0.2, 0.25) is 10.0 Å². The fourth-order valence-corrected chi connectivity index (χ4v) is 3.68. The summed E-state index contributed by atoms with van der Waals surface area (Å²) in [6.07, 6.45) is 0.564. The Morgan fingerprint density at radius 3 is 2.38 bits per heavy atom. The second-order valence-corrected chi connectivity index (χ2v) is 8.15. The number of carbonyl (C=O) groups excluding carboxylic acids is 2. The van der Waals surface area contributed by atoms with Crippen LogP contribution in [0.5, 0.6) is 5.75 Å². The van der Waals surface area contributed by atoms with Gasteiger partial charge in [-0.3, -0.25) is 4.79 Å². The van der Waals surface area contributed by atoms with Gasteiger partial charge >= 0.3 is 5.97 Å². The third-order valence-corrected chi connectivity index (χ3v) is 5.21. The first kappa shape index (κ1) is 20.2. The number of esters is 1. The van der Waals surface area contributed by atoms with Crippen molar-refractivity contribution in [1.82, 2.24) is 10.0 Å². The van der Waals surface area contributed by atoms with E-state index in [1.165, 1.54) is 32.2 Å². The number of hydrogen-bond acceptors (Lipinski definition) is 6. The smallest absolute Gasteiger partial charge is 0.338 e. The lowest BCUT2D eigenvalue weighted by Gasteiger charge is -2.16. The third-order valence-electron chi connectivity index (χ3n) is 3.67. The van der Waals surface area contributed by atoms with E-state index >= 15 is 0 Å². The molecule has 2 N–H and O–H groups in total. The summed E-state index contributed by atoms with van der Waals surface area (Å²) in [6, 6.07) is 3.80. The van der Waals surface area contributed by atoms with Gasteiger partial charge in [-0.05, 0) is 51.8 Å². The van der Waals surface area contributed by atoms with E-state index in [1.807, 2.05) is 0 Å². The van der Waals surface area contributed by atoms with Crippen LogP contribution in [0.4, 0.5) is 0 Å². The molecule has 2 rings (SSSR count). The van der Waals surface area contributed by atoms with Crippen LogP contribution in [0.3, 0.4) is 0 Å². The quantitative estimate of drug-likeness (QED) is 0.652. The van der Waals surface area contributed by atoms with Crippen molar-refractivity contribution in [1.29, 1.82) is 0 Å². The predicted molar refractivity (Wildman–Crippen MR) is 94.5 cm³/mol. The van der Waals surface area contributed by atoms with E-state index in [1.54, 1.807) is 13.8 Å². The summed E-state index contributed by atoms with van der Waals surface area (Å²) in [4.78, 5) is 24.0. The van der Waals surface area contributed by atoms with Crippen molar-refractivity contribution in [3.8, 4) is 5.75 Å². The molecule has 0 heterocycles. The highest BCUT2D eigenvalue weighted by Gasteiger charge is 2.30. The molecule has 1 aliphatic carbocycles. The fourth-order valence-electron chi connectivity index (χ4n) is 2.18. The molecule has 1 amide bonds. The number of carbonyl (C=O) groups is 2. The van der Waals surface area contributed by atoms with Crippen molar-refractivity contribution >= 4 is 21.9 Å². The summed E-state index contributed by atoms with van der Waals surface area (Å²) in [5.74, 6) is -1.09. The Hall–Kier alpha value is -2.13. The molecular formula is C17H24N2O6S. The number of nitrogens with one attached hydrogen (secondary N) is 2. The highest BCUT2D eigenvalue weighted by atomic mass is 32.2. The zero-order valence-corrected chi connectivity index (χ0v) is 16.1. The number of methoxy groups -OCH3 is 1. The zero-order chi connectivity index (χ0) is 19.5. The average molecular weight is 384 g/mol. The molecule has 9 heteroatoms. The van der Waals surface area contributed by atoms with E-state index in [-0.39, 0.29) is 28.3 Å². The van der Waals surface area contributed by atoms with Crippen LogP contribution < -0.4 is 14.8 Å². The second-order valence-electron chi connectivity index (χ2n) is 6.47. The van der Waals surface area contributed by atoms with Gasteiger partial charge in [0.1, 0.15) is 10.6 Å². The van der Waals surface area contributed by atoms with E-state index in [0.717, 1.165) is 12.8 Å². The molecule has 1 fully saturated rings. The van der Waals surface area contributed by atoms with Gasteiger partial charge in [-0.1, -0.05) is 0 Å². The van der Waals surface area contributed by atoms with Crippen molar-refractivity contribution in [2.24, 2.45) is 0 Å². The maximum absolute atomic E-state index is 12.5. The van der Waals surface area contributed by atoms with Crippen molar-refractivity contribution in [2.75, 3.05) is 7.11 Å². The molecule has 0 spiro atoms. The van der Waals surface area contributed by atoms with Crippen LogP contribution in [0, 0.1) is 0 Å². The Balaban J connectivity index is 2.20. The standard InChI is InChI=1S/C17H24N2O6S/c1-10(2)18-16(20)11(3)25-17(21)12-5-8-14(24-4)15(9-12)26(22,23)19-13-6-7-13/h5,8-11,13,19H,6-7H2,1-4H3,(H,18,20)/t11-/m0/s1. The Morgan fingerprint density at radius 1 is 1.19 bits per heavy atom. The van der Waals surface area contributed by atoms with Gasteiger partial charge in [0.15, 0.2) is 6.10 Å². The summed E-state index contributed by atoms with van der Waals surface area (Å²) in [7, 11) is -2.47. The van der Waals surface area contributed by atoms with E-state index < -0.39 is 28.0 Å². The van der Waals surface area contributed by atoms with Crippen LogP contribution in [-0.2, 0) is 19.6 Å². The maximum atomic E-state index is 12.5. The lowest BCUT2D eigenvalue weighted by Crippen LogP contribution is -2.39. The minimum absolute atomic E-state index is 0.0196. The third kappa shape index (κ3) is 5.18. The number of rotatable bonds is 8. The van der Waals surface area contributed by atoms with E-state index in [4.69, 9.17) is 9.47 Å². The van der Waals surface area contributed by atoms with Crippen LogP contribution >= 0.6 is 0 Å². The SMILES string of the molecule is COc1ccc(C(=O)O[C@@H](C)C(=O)NC(C)C)cc1S(=O)(=O)NC1CC1. The summed E-state index contributed by atoms with van der Waals surface area (Å²) < 4.78 is 37.7. The van der Waals surface area contributed by atoms with Crippen molar-refractivity contribution < 1.29 is 27.5 Å². The molecule has 0 aromatic heterocycles. The average Bonchev–Trinajstić information content (AvgIpc) is 3.36. The second kappa shape index (κ2) is 8.05. The topological polar surface area (TPSA) is 111 Å². The molecule has 8 nitrogen and oxygen atoms in total. The fraction of sp³-hybridized carbons (Fsp3) is 0.529. The van der Waals surface area contributed by atoms with Gasteiger partial charge in [-0.25, -0.2) is 17.9 Å². The first-order chi connectivity index (χ1) is 12.1. The van der Waals surface area contributed by atoms with Gasteiger partial charge in [-0.2, -0.15) is 0 Å². The molecule has 0 aliphatic heterocycles. The summed E-state index contributed by atoms with van der Waals surface area (Å²) in [5, 5.41) is 2.64. The number of sulfonamides is 1. The van der Waals surface area contributed by atoms with Crippen LogP contribution in [-0.4, -0.2) is 45.6 Å². The van der Waals surface area contributed by atoms with E-state index in [9.17, 15) is 18.0 Å². The van der Waals surface area contributed by atoms with Crippen molar-refractivity contribution in [3.05, 3.63) is 23.8 Å². The number of ether oxygens (including phenoxy) is 2. The van der Waals surface area contributed by atoms with Crippen LogP contribution in [0.15, 0.2) is 23.1 Å². The number of benzene rings is 1. The lowest BCUT2D eigenvalue weighted by molar-refractivity contribution is -0.129. The number of hydrogen-bond donors (Lipinski definition) is 2. The summed E-state index contributed by atoms with van der Waals surface area (Å²) in [5.41, 5.74) is 0.0196. The molecule has 0 radical (unpaired) electrons. The Kier molecular flexibility index (Phi) is 6.25. The van der Waals surface area contributed by atoms with Crippen molar-refractivity contribution in [3.63, 3.8) is 0 Å². The van der Waals surface area contributed by atoms with Gasteiger partial charge in [0.05, 0.1) is 12.7 Å². The van der Waals surface area contributed by atoms with Crippen LogP contribution in [0.2, 0.25) is 0 Å². The summed E-state index contributed by atoms with van der Waals surface area (Å²) >= 11 is 0. The van der Waals surface area contributed by atoms with Gasteiger partial charge in [-0.15, -0.1) is 0 Å². The first-order valence-corrected chi connectivity index (χ1v) is 9.84. The molecule has 1 aromatic rings. The maximum Gasteiger partial charge on any atom is 0.338 e. The molecule has 1 aliphatic rings. The monoisotopic (exact) mass is 384 g/mol. The highest BCUT2D eigenvalue weighted by molar-refractivity contribution is 7.89. The molecule has 1 atom stereocenters. The van der Waals surface area contributed by atoms with E-state index in [0.29, 0.717) is 0 Å². The minimum Gasteiger partial charge on any atom is -0.495 e. The molecule has 0 bridgehead atoms. The van der Waals surface area contributed by atoms with Gasteiger partial charge in [0, 0.05) is 12.1 Å². The van der Waals surface area contributed by atoms with E-state index in [2.05, 4.69) is 10.0 Å². The first-order valence-electron chi connectivity index (χ1n) is 8.35. The lowest BCUT2D eigenvalue weighted by atomic mass is 10.2. The molecule has 1 saturated carbocycles. The number of amides is 1. The van der Waals surface area contributed by atoms with Crippen LogP contribution in [0.25, 0.3) is 0 Å². The molecular weight excluding hydrogens is 360 g/mol. The largest absolute Gasteiger partial charge is 0.495 e. The predicted octanol–water partition coefficient (Wildman–Crippen LogP) is 1.21.